The van der Waals surface area contributed by atoms with E-state index >= 15 is 0 Å². The first-order chi connectivity index (χ1) is 12.7. The van der Waals surface area contributed by atoms with Crippen LogP contribution in [0.3, 0.4) is 0 Å². The van der Waals surface area contributed by atoms with Gasteiger partial charge in [0.1, 0.15) is 22.8 Å². The molecule has 2 aromatic carbocycles. The monoisotopic (exact) mass is 350 g/mol. The van der Waals surface area contributed by atoms with Crippen LogP contribution < -0.4 is 9.47 Å². The Kier molecular flexibility index (Phi) is 3.92. The molecular formula is C21H18O5. The van der Waals surface area contributed by atoms with Gasteiger partial charge in [0.05, 0.1) is 20.1 Å². The zero-order chi connectivity index (χ0) is 18.3. The van der Waals surface area contributed by atoms with Crippen molar-refractivity contribution >= 4 is 11.5 Å². The lowest BCUT2D eigenvalue weighted by Gasteiger charge is -2.27. The molecule has 0 radical (unpaired) electrons. The number of benzene rings is 2. The first-order valence-electron chi connectivity index (χ1n) is 8.27. The number of aliphatic hydroxyl groups excluding tert-OH is 1. The molecule has 0 amide bonds. The minimum absolute atomic E-state index is 0.111. The molecule has 2 atom stereocenters. The van der Waals surface area contributed by atoms with Crippen LogP contribution in [0.25, 0.3) is 5.57 Å². The second-order valence-electron chi connectivity index (χ2n) is 6.14. The highest BCUT2D eigenvalue weighted by Gasteiger charge is 2.46. The predicted molar refractivity (Wildman–Crippen MR) is 96.2 cm³/mol. The molecule has 5 nitrogen and oxygen atoms in total. The molecule has 0 saturated carbocycles. The first kappa shape index (κ1) is 16.3. The Balaban J connectivity index is 1.95. The molecule has 0 aromatic heterocycles. The van der Waals surface area contributed by atoms with Gasteiger partial charge in [-0.3, -0.25) is 0 Å². The number of ether oxygens (including phenoxy) is 3. The zero-order valence-electron chi connectivity index (χ0n) is 14.4. The quantitative estimate of drug-likeness (QED) is 0.857. The molecule has 5 heteroatoms. The van der Waals surface area contributed by atoms with Gasteiger partial charge in [-0.2, -0.15) is 0 Å². The molecule has 132 valence electrons. The molecule has 0 bridgehead atoms. The summed E-state index contributed by atoms with van der Waals surface area (Å²) in [5.74, 6) is 0.322. The number of rotatable bonds is 3. The highest BCUT2D eigenvalue weighted by atomic mass is 16.5. The third-order valence-electron chi connectivity index (χ3n) is 4.81. The predicted octanol–water partition coefficient (Wildman–Crippen LogP) is 3.62. The summed E-state index contributed by atoms with van der Waals surface area (Å²) in [7, 11) is 2.89. The first-order valence-corrected chi connectivity index (χ1v) is 8.27. The lowest BCUT2D eigenvalue weighted by molar-refractivity contribution is -0.136. The van der Waals surface area contributed by atoms with Crippen LogP contribution in [0.5, 0.6) is 11.5 Å². The Bertz CT molecular complexity index is 927. The minimum Gasteiger partial charge on any atom is -0.507 e. The smallest absolute Gasteiger partial charge is 0.341 e. The van der Waals surface area contributed by atoms with Crippen molar-refractivity contribution in [2.45, 2.75) is 12.0 Å². The average Bonchev–Trinajstić information content (AvgIpc) is 3.09. The highest BCUT2D eigenvalue weighted by molar-refractivity contribution is 5.97. The van der Waals surface area contributed by atoms with Crippen LogP contribution in [0.15, 0.2) is 65.9 Å². The van der Waals surface area contributed by atoms with Crippen molar-refractivity contribution < 1.29 is 24.1 Å². The van der Waals surface area contributed by atoms with E-state index in [0.29, 0.717) is 11.5 Å². The maximum absolute atomic E-state index is 12.2. The van der Waals surface area contributed by atoms with Crippen LogP contribution in [0.4, 0.5) is 0 Å². The topological polar surface area (TPSA) is 65.0 Å². The SMILES string of the molecule is COC(=O)C1=C(O)[C@@H]2Oc3cccc(OC)c3[C@@H]2C(c2ccccc2)=C1. The maximum atomic E-state index is 12.2. The number of hydrogen-bond donors (Lipinski definition) is 1. The van der Waals surface area contributed by atoms with Gasteiger partial charge in [-0.15, -0.1) is 0 Å². The van der Waals surface area contributed by atoms with Crippen molar-refractivity contribution in [2.75, 3.05) is 14.2 Å². The Hall–Kier alpha value is -3.21. The van der Waals surface area contributed by atoms with E-state index in [0.717, 1.165) is 16.7 Å². The number of hydrogen-bond acceptors (Lipinski definition) is 5. The lowest BCUT2D eigenvalue weighted by Crippen LogP contribution is -2.29. The molecule has 26 heavy (non-hydrogen) atoms. The fraction of sp³-hybridized carbons (Fsp3) is 0.190. The third kappa shape index (κ3) is 2.36. The molecule has 1 N–H and O–H groups in total. The molecule has 4 rings (SSSR count). The highest BCUT2D eigenvalue weighted by Crippen LogP contribution is 2.53. The normalized spacial score (nSPS) is 20.6. The molecule has 1 heterocycles. The number of aliphatic hydroxyl groups is 1. The van der Waals surface area contributed by atoms with Crippen molar-refractivity contribution in [1.82, 2.24) is 0 Å². The molecular weight excluding hydrogens is 332 g/mol. The maximum Gasteiger partial charge on any atom is 0.341 e. The number of fused-ring (bicyclic) bond motifs is 3. The summed E-state index contributed by atoms with van der Waals surface area (Å²) in [6, 6.07) is 15.3. The third-order valence-corrected chi connectivity index (χ3v) is 4.81. The molecule has 0 fully saturated rings. The Morgan fingerprint density at radius 1 is 1.08 bits per heavy atom. The van der Waals surface area contributed by atoms with Crippen LogP contribution in [0.2, 0.25) is 0 Å². The van der Waals surface area contributed by atoms with Gasteiger partial charge in [-0.25, -0.2) is 4.79 Å². The van der Waals surface area contributed by atoms with Crippen LogP contribution in [-0.4, -0.2) is 31.4 Å². The molecule has 1 aliphatic heterocycles. The van der Waals surface area contributed by atoms with Gasteiger partial charge in [0.15, 0.2) is 6.10 Å². The molecule has 0 spiro atoms. The number of carbonyl (C=O) groups excluding carboxylic acids is 1. The van der Waals surface area contributed by atoms with Gasteiger partial charge in [0.25, 0.3) is 0 Å². The largest absolute Gasteiger partial charge is 0.507 e. The zero-order valence-corrected chi connectivity index (χ0v) is 14.4. The number of carbonyl (C=O) groups is 1. The standard InChI is InChI=1S/C21H18O5/c1-24-15-9-6-10-16-18(15)17-13(12-7-4-3-5-8-12)11-14(21(23)25-2)19(22)20(17)26-16/h3-11,17,20,22H,1-2H3/t17-,20+/m0/s1. The van der Waals surface area contributed by atoms with Crippen LogP contribution in [0.1, 0.15) is 17.0 Å². The van der Waals surface area contributed by atoms with Gasteiger partial charge in [0, 0.05) is 5.56 Å². The van der Waals surface area contributed by atoms with E-state index in [1.807, 2.05) is 48.5 Å². The average molecular weight is 350 g/mol. The summed E-state index contributed by atoms with van der Waals surface area (Å²) < 4.78 is 16.4. The van der Waals surface area contributed by atoms with Crippen LogP contribution >= 0.6 is 0 Å². The summed E-state index contributed by atoms with van der Waals surface area (Å²) >= 11 is 0. The van der Waals surface area contributed by atoms with Crippen LogP contribution in [-0.2, 0) is 9.53 Å². The van der Waals surface area contributed by atoms with Gasteiger partial charge < -0.3 is 19.3 Å². The summed E-state index contributed by atoms with van der Waals surface area (Å²) in [4.78, 5) is 12.2. The van der Waals surface area contributed by atoms with Gasteiger partial charge >= 0.3 is 5.97 Å². The van der Waals surface area contributed by atoms with Crippen molar-refractivity contribution in [2.24, 2.45) is 0 Å². The molecule has 2 aliphatic rings. The summed E-state index contributed by atoms with van der Waals surface area (Å²) in [6.45, 7) is 0. The van der Waals surface area contributed by atoms with E-state index in [9.17, 15) is 9.90 Å². The molecule has 2 aromatic rings. The fourth-order valence-corrected chi connectivity index (χ4v) is 3.64. The van der Waals surface area contributed by atoms with Gasteiger partial charge in [-0.05, 0) is 29.3 Å². The summed E-state index contributed by atoms with van der Waals surface area (Å²) in [5, 5.41) is 10.7. The van der Waals surface area contributed by atoms with Crippen molar-refractivity contribution in [3.05, 3.63) is 77.1 Å². The van der Waals surface area contributed by atoms with E-state index < -0.39 is 12.1 Å². The van der Waals surface area contributed by atoms with E-state index in [4.69, 9.17) is 14.2 Å². The Labute approximate surface area is 151 Å². The lowest BCUT2D eigenvalue weighted by atomic mass is 9.78. The van der Waals surface area contributed by atoms with Gasteiger partial charge in [-0.1, -0.05) is 36.4 Å². The second-order valence-corrected chi connectivity index (χ2v) is 6.14. The Morgan fingerprint density at radius 2 is 1.85 bits per heavy atom. The van der Waals surface area contributed by atoms with E-state index in [-0.39, 0.29) is 17.3 Å². The van der Waals surface area contributed by atoms with E-state index in [2.05, 4.69) is 0 Å². The molecule has 0 saturated heterocycles. The summed E-state index contributed by atoms with van der Waals surface area (Å²) in [6.07, 6.45) is 0.985. The Morgan fingerprint density at radius 3 is 2.54 bits per heavy atom. The molecule has 1 aliphatic carbocycles. The number of methoxy groups -OCH3 is 2. The number of esters is 1. The van der Waals surface area contributed by atoms with E-state index in [1.54, 1.807) is 13.2 Å². The van der Waals surface area contributed by atoms with Gasteiger partial charge in [0.2, 0.25) is 0 Å². The van der Waals surface area contributed by atoms with Crippen molar-refractivity contribution in [3.8, 4) is 11.5 Å². The second kappa shape index (κ2) is 6.26. The fourth-order valence-electron chi connectivity index (χ4n) is 3.64. The van der Waals surface area contributed by atoms with Crippen LogP contribution in [0, 0.1) is 0 Å². The van der Waals surface area contributed by atoms with E-state index in [1.165, 1.54) is 7.11 Å². The van der Waals surface area contributed by atoms with Crippen molar-refractivity contribution in [1.29, 1.82) is 0 Å². The molecule has 0 unspecified atom stereocenters. The summed E-state index contributed by atoms with van der Waals surface area (Å²) in [5.41, 5.74) is 2.79. The van der Waals surface area contributed by atoms with Crippen molar-refractivity contribution in [3.63, 3.8) is 0 Å². The minimum atomic E-state index is -0.699.